The Morgan fingerprint density at radius 1 is 1.14 bits per heavy atom. The van der Waals surface area contributed by atoms with Crippen molar-refractivity contribution in [1.82, 2.24) is 19.7 Å². The highest BCUT2D eigenvalue weighted by molar-refractivity contribution is 7.99. The number of nitrogens with zero attached hydrogens (tertiary/aromatic N) is 4. The van der Waals surface area contributed by atoms with Crippen LogP contribution in [0.3, 0.4) is 0 Å². The number of anilines is 1. The van der Waals surface area contributed by atoms with Crippen molar-refractivity contribution in [3.63, 3.8) is 0 Å². The summed E-state index contributed by atoms with van der Waals surface area (Å²) in [5.41, 5.74) is 3.08. The molecular weight excluding hydrogens is 390 g/mol. The van der Waals surface area contributed by atoms with Crippen molar-refractivity contribution < 1.29 is 4.79 Å². The number of para-hydroxylation sites is 1. The quantitative estimate of drug-likeness (QED) is 0.479. The van der Waals surface area contributed by atoms with Crippen molar-refractivity contribution in [2.45, 2.75) is 12.1 Å². The number of carbonyl (C=O) groups is 1. The van der Waals surface area contributed by atoms with E-state index in [1.54, 1.807) is 6.20 Å². The van der Waals surface area contributed by atoms with Gasteiger partial charge in [0.1, 0.15) is 0 Å². The first-order chi connectivity index (χ1) is 13.7. The molecule has 8 heteroatoms. The number of benzene rings is 2. The summed E-state index contributed by atoms with van der Waals surface area (Å²) in [5, 5.41) is 14.6. The molecule has 6 nitrogen and oxygen atoms in total. The van der Waals surface area contributed by atoms with Crippen LogP contribution in [0.5, 0.6) is 0 Å². The van der Waals surface area contributed by atoms with Gasteiger partial charge >= 0.3 is 0 Å². The number of rotatable bonds is 6. The minimum atomic E-state index is -0.125. The number of aromatic nitrogens is 4. The van der Waals surface area contributed by atoms with Crippen LogP contribution in [0.1, 0.15) is 5.56 Å². The molecule has 0 aliphatic rings. The molecule has 0 aliphatic heterocycles. The molecule has 0 unspecified atom stereocenters. The molecular formula is C20H17N5OS2. The van der Waals surface area contributed by atoms with Crippen LogP contribution in [0.4, 0.5) is 5.13 Å². The Morgan fingerprint density at radius 3 is 2.75 bits per heavy atom. The van der Waals surface area contributed by atoms with Gasteiger partial charge in [-0.2, -0.15) is 0 Å². The van der Waals surface area contributed by atoms with Crippen LogP contribution in [0, 0.1) is 6.92 Å². The summed E-state index contributed by atoms with van der Waals surface area (Å²) in [4.78, 5) is 16.3. The van der Waals surface area contributed by atoms with Crippen molar-refractivity contribution in [1.29, 1.82) is 0 Å². The summed E-state index contributed by atoms with van der Waals surface area (Å²) >= 11 is 2.74. The second-order valence-corrected chi connectivity index (χ2v) is 7.86. The van der Waals surface area contributed by atoms with Crippen molar-refractivity contribution in [3.05, 3.63) is 71.7 Å². The molecule has 0 radical (unpaired) electrons. The fourth-order valence-corrected chi connectivity index (χ4v) is 4.01. The first-order valence-electron chi connectivity index (χ1n) is 8.61. The maximum Gasteiger partial charge on any atom is 0.236 e. The number of carbonyl (C=O) groups excluding carboxylic acids is 1. The smallest absolute Gasteiger partial charge is 0.236 e. The van der Waals surface area contributed by atoms with Gasteiger partial charge in [0, 0.05) is 22.8 Å². The summed E-state index contributed by atoms with van der Waals surface area (Å²) in [6.45, 7) is 2.05. The molecule has 2 aromatic heterocycles. The van der Waals surface area contributed by atoms with Gasteiger partial charge in [0.2, 0.25) is 5.91 Å². The highest BCUT2D eigenvalue weighted by atomic mass is 32.2. The largest absolute Gasteiger partial charge is 0.301 e. The Kier molecular flexibility index (Phi) is 5.50. The van der Waals surface area contributed by atoms with Crippen LogP contribution in [0.25, 0.3) is 17.1 Å². The first-order valence-corrected chi connectivity index (χ1v) is 10.5. The zero-order valence-electron chi connectivity index (χ0n) is 15.1. The molecule has 140 valence electrons. The van der Waals surface area contributed by atoms with Crippen LogP contribution in [-0.2, 0) is 4.79 Å². The van der Waals surface area contributed by atoms with E-state index in [4.69, 9.17) is 0 Å². The van der Waals surface area contributed by atoms with Crippen molar-refractivity contribution in [3.8, 4) is 17.1 Å². The fraction of sp³-hybridized carbons (Fsp3) is 0.100. The van der Waals surface area contributed by atoms with Crippen LogP contribution >= 0.6 is 23.1 Å². The third-order valence-corrected chi connectivity index (χ3v) is 5.55. The number of hydrogen-bond donors (Lipinski definition) is 1. The predicted molar refractivity (Wildman–Crippen MR) is 113 cm³/mol. The van der Waals surface area contributed by atoms with Gasteiger partial charge < -0.3 is 5.32 Å². The molecule has 28 heavy (non-hydrogen) atoms. The minimum absolute atomic E-state index is 0.125. The third-order valence-electron chi connectivity index (χ3n) is 3.94. The number of thiazole rings is 1. The average molecular weight is 408 g/mol. The highest BCUT2D eigenvalue weighted by Gasteiger charge is 2.17. The predicted octanol–water partition coefficient (Wildman–Crippen LogP) is 4.43. The molecule has 0 fully saturated rings. The summed E-state index contributed by atoms with van der Waals surface area (Å²) in [5.74, 6) is 0.843. The lowest BCUT2D eigenvalue weighted by Crippen LogP contribution is -2.14. The molecule has 4 aromatic rings. The van der Waals surface area contributed by atoms with E-state index >= 15 is 0 Å². The van der Waals surface area contributed by atoms with Crippen molar-refractivity contribution in [2.24, 2.45) is 0 Å². The van der Waals surface area contributed by atoms with E-state index in [9.17, 15) is 4.79 Å². The van der Waals surface area contributed by atoms with E-state index in [2.05, 4.69) is 26.6 Å². The van der Waals surface area contributed by atoms with Gasteiger partial charge in [-0.25, -0.2) is 4.98 Å². The normalized spacial score (nSPS) is 10.8. The van der Waals surface area contributed by atoms with E-state index in [-0.39, 0.29) is 11.7 Å². The lowest BCUT2D eigenvalue weighted by Gasteiger charge is -2.10. The number of thioether (sulfide) groups is 1. The first kappa shape index (κ1) is 18.4. The number of hydrogen-bond acceptors (Lipinski definition) is 6. The van der Waals surface area contributed by atoms with E-state index in [0.717, 1.165) is 22.6 Å². The third kappa shape index (κ3) is 4.13. The van der Waals surface area contributed by atoms with Crippen molar-refractivity contribution >= 4 is 34.1 Å². The van der Waals surface area contributed by atoms with E-state index < -0.39 is 0 Å². The number of aryl methyl sites for hydroxylation is 1. The van der Waals surface area contributed by atoms with Gasteiger partial charge in [0.25, 0.3) is 0 Å². The standard InChI is InChI=1S/C20H17N5OS2/c1-14-6-5-7-15(12-14)18-23-24-20(25(18)16-8-3-2-4-9-16)28-13-17(26)22-19-21-10-11-27-19/h2-12H,13H2,1H3,(H,21,22,26). The minimum Gasteiger partial charge on any atom is -0.301 e. The van der Waals surface area contributed by atoms with E-state index in [1.165, 1.54) is 23.1 Å². The molecule has 2 heterocycles. The van der Waals surface area contributed by atoms with Crippen LogP contribution in [0.2, 0.25) is 0 Å². The molecule has 1 N–H and O–H groups in total. The molecule has 0 saturated heterocycles. The lowest BCUT2D eigenvalue weighted by atomic mass is 10.1. The van der Waals surface area contributed by atoms with Gasteiger partial charge in [-0.3, -0.25) is 9.36 Å². The Hall–Kier alpha value is -2.97. The van der Waals surface area contributed by atoms with Gasteiger partial charge in [0.05, 0.1) is 5.75 Å². The van der Waals surface area contributed by atoms with Crippen molar-refractivity contribution in [2.75, 3.05) is 11.1 Å². The Labute approximate surface area is 170 Å². The van der Waals surface area contributed by atoms with Gasteiger partial charge in [-0.05, 0) is 25.1 Å². The SMILES string of the molecule is Cc1cccc(-c2nnc(SCC(=O)Nc3nccs3)n2-c2ccccc2)c1. The zero-order valence-corrected chi connectivity index (χ0v) is 16.7. The van der Waals surface area contributed by atoms with Gasteiger partial charge in [0.15, 0.2) is 16.1 Å². The zero-order chi connectivity index (χ0) is 19.3. The fourth-order valence-electron chi connectivity index (χ4n) is 2.71. The molecule has 1 amide bonds. The second-order valence-electron chi connectivity index (χ2n) is 6.02. The molecule has 0 atom stereocenters. The molecule has 4 rings (SSSR count). The Morgan fingerprint density at radius 2 is 2.00 bits per heavy atom. The summed E-state index contributed by atoms with van der Waals surface area (Å²) in [7, 11) is 0. The van der Waals surface area contributed by atoms with Crippen LogP contribution in [-0.4, -0.2) is 31.4 Å². The summed E-state index contributed by atoms with van der Waals surface area (Å²) in [6.07, 6.45) is 1.66. The Balaban J connectivity index is 1.63. The Bertz CT molecular complexity index is 1080. The maximum absolute atomic E-state index is 12.2. The van der Waals surface area contributed by atoms with E-state index in [0.29, 0.717) is 10.3 Å². The number of amides is 1. The van der Waals surface area contributed by atoms with Gasteiger partial charge in [-0.15, -0.1) is 21.5 Å². The molecule has 0 aliphatic carbocycles. The molecule has 0 bridgehead atoms. The lowest BCUT2D eigenvalue weighted by molar-refractivity contribution is -0.113. The second kappa shape index (κ2) is 8.37. The molecule has 2 aromatic carbocycles. The number of nitrogens with one attached hydrogen (secondary N) is 1. The van der Waals surface area contributed by atoms with Crippen LogP contribution < -0.4 is 5.32 Å². The average Bonchev–Trinajstić information content (AvgIpc) is 3.36. The van der Waals surface area contributed by atoms with E-state index in [1.807, 2.05) is 65.4 Å². The molecule has 0 saturated carbocycles. The summed E-state index contributed by atoms with van der Waals surface area (Å²) in [6, 6.07) is 18.1. The molecule has 0 spiro atoms. The highest BCUT2D eigenvalue weighted by Crippen LogP contribution is 2.28. The monoisotopic (exact) mass is 407 g/mol. The maximum atomic E-state index is 12.2. The topological polar surface area (TPSA) is 72.7 Å². The summed E-state index contributed by atoms with van der Waals surface area (Å²) < 4.78 is 1.98. The van der Waals surface area contributed by atoms with Crippen LogP contribution in [0.15, 0.2) is 71.3 Å². The van der Waals surface area contributed by atoms with Gasteiger partial charge in [-0.1, -0.05) is 53.7 Å².